The summed E-state index contributed by atoms with van der Waals surface area (Å²) >= 11 is 6.45. The minimum absolute atomic E-state index is 0.170. The van der Waals surface area contributed by atoms with Gasteiger partial charge in [-0.3, -0.25) is 14.9 Å². The first-order valence-electron chi connectivity index (χ1n) is 11.0. The molecule has 0 bridgehead atoms. The highest BCUT2D eigenvalue weighted by Gasteiger charge is 2.20. The Balaban J connectivity index is 1.28. The van der Waals surface area contributed by atoms with Crippen molar-refractivity contribution in [1.82, 2.24) is 25.1 Å². The van der Waals surface area contributed by atoms with E-state index in [1.807, 2.05) is 35.2 Å². The zero-order valence-electron chi connectivity index (χ0n) is 18.3. The third-order valence-electron chi connectivity index (χ3n) is 5.51. The second kappa shape index (κ2) is 9.96. The Morgan fingerprint density at radius 3 is 2.85 bits per heavy atom. The van der Waals surface area contributed by atoms with Crippen molar-refractivity contribution >= 4 is 39.9 Å². The molecule has 1 fully saturated rings. The zero-order chi connectivity index (χ0) is 23.3. The number of carbonyl (C=O) groups is 1. The molecule has 0 aliphatic carbocycles. The van der Waals surface area contributed by atoms with E-state index >= 15 is 0 Å². The number of nitrogens with one attached hydrogen (secondary N) is 2. The average molecular weight is 479 g/mol. The van der Waals surface area contributed by atoms with E-state index in [4.69, 9.17) is 21.1 Å². The summed E-state index contributed by atoms with van der Waals surface area (Å²) < 4.78 is 11.7. The van der Waals surface area contributed by atoms with Gasteiger partial charge in [-0.25, -0.2) is 4.98 Å². The number of H-pyrrole nitrogens is 1. The summed E-state index contributed by atoms with van der Waals surface area (Å²) in [4.78, 5) is 22.3. The summed E-state index contributed by atoms with van der Waals surface area (Å²) in [5.41, 5.74) is 2.34. The highest BCUT2D eigenvalue weighted by Crippen LogP contribution is 2.33. The van der Waals surface area contributed by atoms with Gasteiger partial charge in [0.15, 0.2) is 0 Å². The molecular weight excluding hydrogens is 456 g/mol. The molecule has 34 heavy (non-hydrogen) atoms. The third-order valence-corrected chi connectivity index (χ3v) is 5.81. The van der Waals surface area contributed by atoms with Crippen LogP contribution in [0.5, 0.6) is 11.6 Å². The number of halogens is 1. The van der Waals surface area contributed by atoms with Gasteiger partial charge in [-0.15, -0.1) is 5.10 Å². The van der Waals surface area contributed by atoms with Gasteiger partial charge in [-0.1, -0.05) is 17.7 Å². The van der Waals surface area contributed by atoms with E-state index in [1.165, 1.54) is 0 Å². The zero-order valence-corrected chi connectivity index (χ0v) is 19.1. The molecule has 10 heteroatoms. The van der Waals surface area contributed by atoms with Crippen molar-refractivity contribution in [2.75, 3.05) is 25.0 Å². The standard InChI is InChI=1S/C24H23ClN6O3/c25-18-14-16(6-7-20(18)34-15-17-4-1-2-9-26-17)28-23-22-19(8-10-27-23)29-30-24(22)33-13-12-31-11-3-5-21(31)32/h1-2,4,6-10,14H,3,5,11-13,15H2,(H,27,28)(H,29,30). The lowest BCUT2D eigenvalue weighted by Gasteiger charge is -2.15. The number of nitrogens with zero attached hydrogens (tertiary/aromatic N) is 4. The summed E-state index contributed by atoms with van der Waals surface area (Å²) in [5, 5.41) is 11.7. The fourth-order valence-electron chi connectivity index (χ4n) is 3.80. The highest BCUT2D eigenvalue weighted by atomic mass is 35.5. The molecule has 4 heterocycles. The minimum Gasteiger partial charge on any atom is -0.486 e. The van der Waals surface area contributed by atoms with Crippen LogP contribution in [0.1, 0.15) is 18.5 Å². The summed E-state index contributed by atoms with van der Waals surface area (Å²) in [7, 11) is 0. The van der Waals surface area contributed by atoms with Crippen molar-refractivity contribution in [2.45, 2.75) is 19.4 Å². The van der Waals surface area contributed by atoms with Crippen molar-refractivity contribution in [3.05, 3.63) is 65.6 Å². The van der Waals surface area contributed by atoms with E-state index in [2.05, 4.69) is 25.5 Å². The lowest BCUT2D eigenvalue weighted by Crippen LogP contribution is -2.29. The van der Waals surface area contributed by atoms with Crippen molar-refractivity contribution in [3.8, 4) is 11.6 Å². The van der Waals surface area contributed by atoms with Crippen LogP contribution in [0.25, 0.3) is 10.9 Å². The number of aromatic nitrogens is 4. The predicted octanol–water partition coefficient (Wildman–Crippen LogP) is 4.33. The Morgan fingerprint density at radius 1 is 1.12 bits per heavy atom. The van der Waals surface area contributed by atoms with Crippen LogP contribution in [0, 0.1) is 0 Å². The van der Waals surface area contributed by atoms with Gasteiger partial charge in [0, 0.05) is 31.0 Å². The monoisotopic (exact) mass is 478 g/mol. The molecule has 1 aliphatic rings. The van der Waals surface area contributed by atoms with Gasteiger partial charge in [0.25, 0.3) is 0 Å². The van der Waals surface area contributed by atoms with Crippen molar-refractivity contribution < 1.29 is 14.3 Å². The largest absolute Gasteiger partial charge is 0.486 e. The molecule has 0 unspecified atom stereocenters. The van der Waals surface area contributed by atoms with Crippen LogP contribution in [0.2, 0.25) is 5.02 Å². The summed E-state index contributed by atoms with van der Waals surface area (Å²) in [6.07, 6.45) is 4.92. The van der Waals surface area contributed by atoms with Crippen LogP contribution in [-0.2, 0) is 11.4 Å². The number of hydrogen-bond acceptors (Lipinski definition) is 7. The van der Waals surface area contributed by atoms with E-state index in [-0.39, 0.29) is 5.91 Å². The van der Waals surface area contributed by atoms with E-state index < -0.39 is 0 Å². The smallest absolute Gasteiger partial charge is 0.244 e. The number of rotatable bonds is 9. The van der Waals surface area contributed by atoms with E-state index in [0.29, 0.717) is 48.6 Å². The molecule has 3 aromatic heterocycles. The van der Waals surface area contributed by atoms with Crippen LogP contribution >= 0.6 is 11.6 Å². The quantitative estimate of drug-likeness (QED) is 0.369. The van der Waals surface area contributed by atoms with E-state index in [0.717, 1.165) is 35.2 Å². The number of amides is 1. The highest BCUT2D eigenvalue weighted by molar-refractivity contribution is 6.32. The number of aromatic amines is 1. The third kappa shape index (κ3) is 4.89. The van der Waals surface area contributed by atoms with Crippen LogP contribution in [0.15, 0.2) is 54.9 Å². The van der Waals surface area contributed by atoms with Gasteiger partial charge in [-0.05, 0) is 42.8 Å². The maximum atomic E-state index is 11.8. The number of likely N-dealkylation sites (tertiary alicyclic amines) is 1. The van der Waals surface area contributed by atoms with Gasteiger partial charge in [0.2, 0.25) is 11.8 Å². The number of ether oxygens (including phenoxy) is 2. The van der Waals surface area contributed by atoms with Crippen molar-refractivity contribution in [1.29, 1.82) is 0 Å². The van der Waals surface area contributed by atoms with E-state index in [9.17, 15) is 4.79 Å². The SMILES string of the molecule is O=C1CCCN1CCOc1n[nH]c2ccnc(Nc3ccc(OCc4ccccn4)c(Cl)c3)c12. The summed E-state index contributed by atoms with van der Waals surface area (Å²) in [5.74, 6) is 1.74. The molecule has 174 valence electrons. The van der Waals surface area contributed by atoms with Gasteiger partial charge in [0.05, 0.1) is 22.8 Å². The molecule has 0 atom stereocenters. The molecule has 1 aliphatic heterocycles. The second-order valence-corrected chi connectivity index (χ2v) is 8.23. The fourth-order valence-corrected chi connectivity index (χ4v) is 4.03. The maximum absolute atomic E-state index is 11.8. The van der Waals surface area contributed by atoms with Crippen LogP contribution in [-0.4, -0.2) is 50.7 Å². The van der Waals surface area contributed by atoms with Gasteiger partial charge < -0.3 is 19.7 Å². The first-order valence-corrected chi connectivity index (χ1v) is 11.4. The van der Waals surface area contributed by atoms with Crippen LogP contribution in [0.4, 0.5) is 11.5 Å². The van der Waals surface area contributed by atoms with Crippen molar-refractivity contribution in [2.24, 2.45) is 0 Å². The summed E-state index contributed by atoms with van der Waals surface area (Å²) in [6.45, 7) is 1.99. The molecule has 1 aromatic carbocycles. The molecule has 0 saturated carbocycles. The Labute approximate surface area is 201 Å². The van der Waals surface area contributed by atoms with Crippen molar-refractivity contribution in [3.63, 3.8) is 0 Å². The Hall–Kier alpha value is -3.85. The molecule has 1 amide bonds. The first kappa shape index (κ1) is 22.0. The van der Waals surface area contributed by atoms with Crippen LogP contribution in [0.3, 0.4) is 0 Å². The topological polar surface area (TPSA) is 105 Å². The molecule has 0 spiro atoms. The lowest BCUT2D eigenvalue weighted by atomic mass is 10.2. The Bertz CT molecular complexity index is 1300. The molecule has 5 rings (SSSR count). The Morgan fingerprint density at radius 2 is 2.06 bits per heavy atom. The fraction of sp³-hybridized carbons (Fsp3) is 0.250. The van der Waals surface area contributed by atoms with Gasteiger partial charge in [0.1, 0.15) is 30.2 Å². The molecule has 9 nitrogen and oxygen atoms in total. The number of benzene rings is 1. The molecular formula is C24H23ClN6O3. The Kier molecular flexibility index (Phi) is 6.44. The second-order valence-electron chi connectivity index (χ2n) is 7.82. The maximum Gasteiger partial charge on any atom is 0.244 e. The number of anilines is 2. The lowest BCUT2D eigenvalue weighted by molar-refractivity contribution is -0.128. The normalized spacial score (nSPS) is 13.4. The molecule has 2 N–H and O–H groups in total. The minimum atomic E-state index is 0.170. The molecule has 4 aromatic rings. The number of pyridine rings is 2. The van der Waals surface area contributed by atoms with Gasteiger partial charge in [-0.2, -0.15) is 0 Å². The van der Waals surface area contributed by atoms with Crippen LogP contribution < -0.4 is 14.8 Å². The average Bonchev–Trinajstić information content (AvgIpc) is 3.46. The predicted molar refractivity (Wildman–Crippen MR) is 129 cm³/mol. The molecule has 0 radical (unpaired) electrons. The molecule has 1 saturated heterocycles. The summed E-state index contributed by atoms with van der Waals surface area (Å²) in [6, 6.07) is 12.9. The number of fused-ring (bicyclic) bond motifs is 1. The first-order chi connectivity index (χ1) is 16.7. The number of hydrogen-bond donors (Lipinski definition) is 2. The number of carbonyl (C=O) groups excluding carboxylic acids is 1. The van der Waals surface area contributed by atoms with E-state index in [1.54, 1.807) is 24.5 Å². The van der Waals surface area contributed by atoms with Gasteiger partial charge >= 0.3 is 0 Å².